The van der Waals surface area contributed by atoms with Crippen molar-refractivity contribution in [2.75, 3.05) is 18.5 Å². The van der Waals surface area contributed by atoms with Crippen LogP contribution in [0.25, 0.3) is 11.2 Å². The molecule has 4 rings (SSSR count). The molecule has 3 atom stereocenters. The molecule has 0 bridgehead atoms. The Morgan fingerprint density at radius 3 is 2.71 bits per heavy atom. The Kier molecular flexibility index (Phi) is 7.19. The number of nitrogens with one attached hydrogen (secondary N) is 1. The van der Waals surface area contributed by atoms with Crippen LogP contribution in [0.15, 0.2) is 30.6 Å². The molecule has 0 aliphatic carbocycles. The zero-order chi connectivity index (χ0) is 25.1. The maximum absolute atomic E-state index is 12.3. The summed E-state index contributed by atoms with van der Waals surface area (Å²) in [6.07, 6.45) is -0.0332. The molecule has 3 heterocycles. The summed E-state index contributed by atoms with van der Waals surface area (Å²) >= 11 is 0. The fourth-order valence-corrected chi connectivity index (χ4v) is 3.61. The van der Waals surface area contributed by atoms with Crippen molar-refractivity contribution in [3.05, 3.63) is 46.3 Å². The summed E-state index contributed by atoms with van der Waals surface area (Å²) in [4.78, 5) is 35.7. The molecular formula is C22H26N6O7. The first kappa shape index (κ1) is 24.4. The number of hydrogen-bond donors (Lipinski definition) is 3. The fourth-order valence-electron chi connectivity index (χ4n) is 3.61. The number of anilines is 1. The van der Waals surface area contributed by atoms with Crippen LogP contribution >= 0.6 is 0 Å². The third-order valence-electron chi connectivity index (χ3n) is 5.62. The van der Waals surface area contributed by atoms with Crippen molar-refractivity contribution in [2.24, 2.45) is 5.92 Å². The lowest BCUT2D eigenvalue weighted by atomic mass is 10.1. The highest BCUT2D eigenvalue weighted by molar-refractivity contribution is 5.91. The molecule has 1 aliphatic heterocycles. The van der Waals surface area contributed by atoms with Crippen LogP contribution in [0.4, 0.5) is 11.6 Å². The Morgan fingerprint density at radius 2 is 2.09 bits per heavy atom. The van der Waals surface area contributed by atoms with Gasteiger partial charge in [-0.3, -0.25) is 24.8 Å². The molecule has 3 N–H and O–H groups in total. The summed E-state index contributed by atoms with van der Waals surface area (Å²) in [5.74, 6) is -0.406. The van der Waals surface area contributed by atoms with Gasteiger partial charge in [-0.15, -0.1) is 0 Å². The van der Waals surface area contributed by atoms with Crippen molar-refractivity contribution >= 4 is 28.7 Å². The third-order valence-corrected chi connectivity index (χ3v) is 5.62. The van der Waals surface area contributed by atoms with Crippen molar-refractivity contribution in [3.63, 3.8) is 0 Å². The van der Waals surface area contributed by atoms with Crippen molar-refractivity contribution in [3.8, 4) is 5.88 Å². The number of hydrogen-bond acceptors (Lipinski definition) is 10. The van der Waals surface area contributed by atoms with E-state index in [9.17, 15) is 25.1 Å². The predicted molar refractivity (Wildman–Crippen MR) is 123 cm³/mol. The number of nitro groups is 1. The van der Waals surface area contributed by atoms with Gasteiger partial charge in [0.2, 0.25) is 17.7 Å². The van der Waals surface area contributed by atoms with Crippen LogP contribution in [0.3, 0.4) is 0 Å². The molecule has 3 aromatic rings. The molecule has 13 heteroatoms. The zero-order valence-electron chi connectivity index (χ0n) is 19.2. The van der Waals surface area contributed by atoms with E-state index in [0.717, 1.165) is 5.56 Å². The number of nitro benzene ring substituents is 1. The highest BCUT2D eigenvalue weighted by Crippen LogP contribution is 2.33. The first-order chi connectivity index (χ1) is 16.8. The maximum Gasteiger partial charge on any atom is 0.269 e. The molecule has 1 aromatic carbocycles. The van der Waals surface area contributed by atoms with Gasteiger partial charge >= 0.3 is 0 Å². The van der Waals surface area contributed by atoms with Crippen molar-refractivity contribution in [1.82, 2.24) is 19.5 Å². The van der Waals surface area contributed by atoms with Crippen LogP contribution in [0, 0.1) is 16.0 Å². The van der Waals surface area contributed by atoms with E-state index in [1.54, 1.807) is 30.5 Å². The van der Waals surface area contributed by atoms with E-state index in [-0.39, 0.29) is 49.0 Å². The van der Waals surface area contributed by atoms with Gasteiger partial charge in [0.1, 0.15) is 12.3 Å². The lowest BCUT2D eigenvalue weighted by Crippen LogP contribution is -2.24. The van der Waals surface area contributed by atoms with Gasteiger partial charge in [-0.1, -0.05) is 26.0 Å². The van der Waals surface area contributed by atoms with Crippen LogP contribution < -0.4 is 10.1 Å². The van der Waals surface area contributed by atoms with E-state index in [2.05, 4.69) is 20.3 Å². The Labute approximate surface area is 199 Å². The van der Waals surface area contributed by atoms with Gasteiger partial charge in [-0.05, 0) is 5.56 Å². The average Bonchev–Trinajstić information content (AvgIpc) is 3.42. The number of nitrogens with zero attached hydrogens (tertiary/aromatic N) is 5. The number of ether oxygens (including phenoxy) is 2. The monoisotopic (exact) mass is 486 g/mol. The maximum atomic E-state index is 12.3. The minimum absolute atomic E-state index is 0.00550. The Balaban J connectivity index is 1.59. The Hall–Kier alpha value is -3.68. The second-order valence-corrected chi connectivity index (χ2v) is 8.46. The number of non-ortho nitro benzene ring substituents is 1. The molecule has 0 spiro atoms. The summed E-state index contributed by atoms with van der Waals surface area (Å²) in [6.45, 7) is 3.34. The van der Waals surface area contributed by atoms with Crippen LogP contribution in [-0.4, -0.2) is 66.0 Å². The summed E-state index contributed by atoms with van der Waals surface area (Å²) in [5, 5.41) is 33.0. The first-order valence-corrected chi connectivity index (χ1v) is 11.1. The standard InChI is InChI=1S/C22H26N6O7/c1-12(2)20(31)25-22-24-19-18(23-11-27(19)17-9-15(30)16(10-29)35-17)21(26-22)34-8-7-13-3-5-14(6-4-13)28(32)33/h3-6,11-12,15-17,29-30H,7-10H2,1-2H3,(H,24,25,26,31)/t15-,16+,17+/m0/s1. The second-order valence-electron chi connectivity index (χ2n) is 8.46. The van der Waals surface area contributed by atoms with Crippen molar-refractivity contribution in [1.29, 1.82) is 0 Å². The fraction of sp³-hybridized carbons (Fsp3) is 0.455. The quantitative estimate of drug-likeness (QED) is 0.297. The minimum Gasteiger partial charge on any atom is -0.476 e. The number of aliphatic hydroxyl groups is 2. The third kappa shape index (κ3) is 5.37. The summed E-state index contributed by atoms with van der Waals surface area (Å²) in [7, 11) is 0. The second kappa shape index (κ2) is 10.3. The zero-order valence-corrected chi connectivity index (χ0v) is 19.2. The summed E-state index contributed by atoms with van der Waals surface area (Å²) in [6, 6.07) is 6.16. The number of aliphatic hydroxyl groups excluding tert-OH is 2. The molecule has 1 saturated heterocycles. The molecule has 0 radical (unpaired) electrons. The van der Waals surface area contributed by atoms with E-state index in [4.69, 9.17) is 9.47 Å². The molecule has 1 amide bonds. The van der Waals surface area contributed by atoms with E-state index in [1.165, 1.54) is 18.5 Å². The largest absolute Gasteiger partial charge is 0.476 e. The number of rotatable bonds is 9. The Bertz CT molecular complexity index is 1210. The SMILES string of the molecule is CC(C)C(=O)Nc1nc(OCCc2ccc([N+](=O)[O-])cc2)c2ncn([C@H]3C[C@H](O)[C@@H](CO)O3)c2n1. The molecule has 1 aliphatic rings. The van der Waals surface area contributed by atoms with Gasteiger partial charge < -0.3 is 19.7 Å². The molecule has 1 fully saturated rings. The molecule has 186 valence electrons. The van der Waals surface area contributed by atoms with Crippen LogP contribution in [-0.2, 0) is 16.0 Å². The van der Waals surface area contributed by atoms with Gasteiger partial charge in [0.15, 0.2) is 11.2 Å². The summed E-state index contributed by atoms with van der Waals surface area (Å²) < 4.78 is 13.2. The molecule has 0 saturated carbocycles. The lowest BCUT2D eigenvalue weighted by molar-refractivity contribution is -0.384. The number of carbonyl (C=O) groups is 1. The van der Waals surface area contributed by atoms with Gasteiger partial charge in [0.25, 0.3) is 5.69 Å². The van der Waals surface area contributed by atoms with Crippen molar-refractivity contribution in [2.45, 2.75) is 45.1 Å². The average molecular weight is 486 g/mol. The molecule has 35 heavy (non-hydrogen) atoms. The van der Waals surface area contributed by atoms with Gasteiger partial charge in [0, 0.05) is 30.9 Å². The van der Waals surface area contributed by atoms with Gasteiger partial charge in [-0.2, -0.15) is 9.97 Å². The first-order valence-electron chi connectivity index (χ1n) is 11.1. The van der Waals surface area contributed by atoms with Crippen LogP contribution in [0.2, 0.25) is 0 Å². The smallest absolute Gasteiger partial charge is 0.269 e. The summed E-state index contributed by atoms with van der Waals surface area (Å²) in [5.41, 5.74) is 1.51. The normalized spacial score (nSPS) is 19.9. The van der Waals surface area contributed by atoms with Gasteiger partial charge in [0.05, 0.1) is 30.6 Å². The van der Waals surface area contributed by atoms with Gasteiger partial charge in [-0.25, -0.2) is 4.98 Å². The van der Waals surface area contributed by atoms with Crippen LogP contribution in [0.5, 0.6) is 5.88 Å². The number of carbonyl (C=O) groups excluding carboxylic acids is 1. The number of imidazole rings is 1. The topological polar surface area (TPSA) is 175 Å². The Morgan fingerprint density at radius 1 is 1.34 bits per heavy atom. The van der Waals surface area contributed by atoms with E-state index in [1.807, 2.05) is 0 Å². The molecular weight excluding hydrogens is 460 g/mol. The number of amides is 1. The minimum atomic E-state index is -0.846. The van der Waals surface area contributed by atoms with E-state index in [0.29, 0.717) is 17.6 Å². The molecule has 13 nitrogen and oxygen atoms in total. The van der Waals surface area contributed by atoms with E-state index < -0.39 is 23.4 Å². The molecule has 2 aromatic heterocycles. The predicted octanol–water partition coefficient (Wildman–Crippen LogP) is 1.59. The molecule has 0 unspecified atom stereocenters. The highest BCUT2D eigenvalue weighted by Gasteiger charge is 2.35. The van der Waals surface area contributed by atoms with Crippen molar-refractivity contribution < 1.29 is 29.4 Å². The van der Waals surface area contributed by atoms with Crippen LogP contribution in [0.1, 0.15) is 32.1 Å². The lowest BCUT2D eigenvalue weighted by Gasteiger charge is -2.15. The number of fused-ring (bicyclic) bond motifs is 1. The van der Waals surface area contributed by atoms with E-state index >= 15 is 0 Å². The number of benzene rings is 1. The highest BCUT2D eigenvalue weighted by atomic mass is 16.6. The number of aromatic nitrogens is 4.